The van der Waals surface area contributed by atoms with Gasteiger partial charge in [0, 0.05) is 10.6 Å². The molecule has 1 fully saturated rings. The molecule has 2 unspecified atom stereocenters. The van der Waals surface area contributed by atoms with Crippen molar-refractivity contribution in [1.29, 1.82) is 0 Å². The maximum absolute atomic E-state index is 13.2. The molecule has 160 valence electrons. The van der Waals surface area contributed by atoms with Gasteiger partial charge in [-0.3, -0.25) is 14.5 Å². The predicted molar refractivity (Wildman–Crippen MR) is 120 cm³/mol. The fourth-order valence-electron chi connectivity index (χ4n) is 3.93. The Balaban J connectivity index is 1.96. The number of rotatable bonds is 8. The normalized spacial score (nSPS) is 18.8. The van der Waals surface area contributed by atoms with Crippen molar-refractivity contribution in [3.63, 3.8) is 0 Å². The first-order chi connectivity index (χ1) is 14.4. The average molecular weight is 446 g/mol. The lowest BCUT2D eigenvalue weighted by Gasteiger charge is -2.48. The number of ether oxygens (including phenoxy) is 1. The third kappa shape index (κ3) is 4.17. The van der Waals surface area contributed by atoms with Crippen LogP contribution in [0.4, 0.5) is 0 Å². The van der Waals surface area contributed by atoms with Crippen molar-refractivity contribution in [1.82, 2.24) is 4.90 Å². The van der Waals surface area contributed by atoms with Crippen LogP contribution in [0.15, 0.2) is 48.5 Å². The fraction of sp³-hybridized carbons (Fsp3) is 0.391. The number of hydrogen-bond acceptors (Lipinski definition) is 4. The van der Waals surface area contributed by atoms with E-state index in [-0.39, 0.29) is 11.8 Å². The maximum atomic E-state index is 13.2. The molecular weight excluding hydrogens is 418 g/mol. The van der Waals surface area contributed by atoms with Crippen molar-refractivity contribution < 1.29 is 18.8 Å². The second kappa shape index (κ2) is 9.33. The maximum Gasteiger partial charge on any atom is 0.261 e. The summed E-state index contributed by atoms with van der Waals surface area (Å²) in [6.07, 6.45) is -0.638. The van der Waals surface area contributed by atoms with E-state index >= 15 is 0 Å². The molecule has 2 aromatic rings. The van der Waals surface area contributed by atoms with Gasteiger partial charge in [-0.15, -0.1) is 0 Å². The summed E-state index contributed by atoms with van der Waals surface area (Å²) in [7, 11) is -0.432. The van der Waals surface area contributed by atoms with Crippen molar-refractivity contribution >= 4 is 31.7 Å². The van der Waals surface area contributed by atoms with E-state index in [1.807, 2.05) is 24.3 Å². The first-order valence-electron chi connectivity index (χ1n) is 10.3. The molecule has 0 saturated carbocycles. The molecule has 0 spiro atoms. The largest absolute Gasteiger partial charge is 0.497 e. The smallest absolute Gasteiger partial charge is 0.261 e. The molecule has 3 rings (SSSR count). The van der Waals surface area contributed by atoms with Gasteiger partial charge in [0.05, 0.1) is 13.2 Å². The lowest BCUT2D eigenvalue weighted by molar-refractivity contribution is -0.158. The highest BCUT2D eigenvalue weighted by atomic mass is 35.5. The number of carbonyl (C=O) groups excluding carboxylic acids is 2. The SMILES string of the molecule is CC[Si](CC)(CC)OC1C(=O)N(C(=O)c2ccc(Cl)cc2)C1c1ccc(OC)cc1. The molecule has 30 heavy (non-hydrogen) atoms. The van der Waals surface area contributed by atoms with Gasteiger partial charge in [0.15, 0.2) is 14.4 Å². The van der Waals surface area contributed by atoms with Gasteiger partial charge in [0.2, 0.25) is 0 Å². The zero-order valence-electron chi connectivity index (χ0n) is 17.9. The molecule has 0 aromatic heterocycles. The Morgan fingerprint density at radius 3 is 2.07 bits per heavy atom. The highest BCUT2D eigenvalue weighted by Gasteiger charge is 2.54. The van der Waals surface area contributed by atoms with Gasteiger partial charge in [-0.25, -0.2) is 0 Å². The van der Waals surface area contributed by atoms with E-state index in [2.05, 4.69) is 20.8 Å². The predicted octanol–water partition coefficient (Wildman–Crippen LogP) is 5.46. The minimum absolute atomic E-state index is 0.275. The van der Waals surface area contributed by atoms with E-state index in [9.17, 15) is 9.59 Å². The summed E-state index contributed by atoms with van der Waals surface area (Å²) < 4.78 is 11.8. The Hall–Kier alpha value is -2.15. The number of benzene rings is 2. The van der Waals surface area contributed by atoms with Gasteiger partial charge in [-0.1, -0.05) is 44.5 Å². The quantitative estimate of drug-likeness (QED) is 0.307. The molecule has 1 aliphatic rings. The van der Waals surface area contributed by atoms with Crippen molar-refractivity contribution in [2.24, 2.45) is 0 Å². The Bertz CT molecular complexity index is 888. The van der Waals surface area contributed by atoms with Gasteiger partial charge >= 0.3 is 0 Å². The number of hydrogen-bond donors (Lipinski definition) is 0. The van der Waals surface area contributed by atoms with Gasteiger partial charge in [-0.05, 0) is 60.1 Å². The van der Waals surface area contributed by atoms with E-state index in [4.69, 9.17) is 20.8 Å². The molecule has 1 heterocycles. The fourth-order valence-corrected chi connectivity index (χ4v) is 6.82. The summed E-state index contributed by atoms with van der Waals surface area (Å²) >= 11 is 5.95. The molecular formula is C23H28ClNO4Si. The average Bonchev–Trinajstić information content (AvgIpc) is 2.79. The van der Waals surface area contributed by atoms with Crippen LogP contribution < -0.4 is 4.74 Å². The second-order valence-corrected chi connectivity index (χ2v) is 12.7. The Labute approximate surface area is 184 Å². The van der Waals surface area contributed by atoms with Crippen LogP contribution in [0.3, 0.4) is 0 Å². The second-order valence-electron chi connectivity index (χ2n) is 7.52. The number of methoxy groups -OCH3 is 1. The zero-order valence-corrected chi connectivity index (χ0v) is 19.6. The zero-order chi connectivity index (χ0) is 21.9. The Morgan fingerprint density at radius 1 is 1.00 bits per heavy atom. The third-order valence-corrected chi connectivity index (χ3v) is 11.0. The van der Waals surface area contributed by atoms with E-state index in [1.165, 1.54) is 4.90 Å². The molecule has 0 aliphatic carbocycles. The third-order valence-electron chi connectivity index (χ3n) is 6.12. The first kappa shape index (κ1) is 22.5. The van der Waals surface area contributed by atoms with Crippen molar-refractivity contribution in [2.45, 2.75) is 51.0 Å². The van der Waals surface area contributed by atoms with E-state index < -0.39 is 20.5 Å². The molecule has 0 N–H and O–H groups in total. The minimum Gasteiger partial charge on any atom is -0.497 e. The number of carbonyl (C=O) groups is 2. The number of β-lactam (4-membered cyclic amide) rings is 1. The highest BCUT2D eigenvalue weighted by Crippen LogP contribution is 2.41. The standard InChI is InChI=1S/C23H28ClNO4Si/c1-5-30(6-2,7-3)29-21-20(16-10-14-19(28-4)15-11-16)25(23(21)27)22(26)17-8-12-18(24)13-9-17/h8-15,20-21H,5-7H2,1-4H3. The van der Waals surface area contributed by atoms with Gasteiger partial charge in [-0.2, -0.15) is 0 Å². The topological polar surface area (TPSA) is 55.8 Å². The van der Waals surface area contributed by atoms with Crippen LogP contribution in [0.25, 0.3) is 0 Å². The number of halogens is 1. The molecule has 2 aromatic carbocycles. The summed E-state index contributed by atoms with van der Waals surface area (Å²) in [4.78, 5) is 27.6. The number of likely N-dealkylation sites (tertiary alicyclic amines) is 1. The van der Waals surface area contributed by atoms with Gasteiger partial charge in [0.1, 0.15) is 5.75 Å². The van der Waals surface area contributed by atoms with Crippen LogP contribution in [-0.4, -0.2) is 38.2 Å². The van der Waals surface area contributed by atoms with Crippen molar-refractivity contribution in [2.75, 3.05) is 7.11 Å². The molecule has 2 atom stereocenters. The van der Waals surface area contributed by atoms with Crippen LogP contribution in [0, 0.1) is 0 Å². The van der Waals surface area contributed by atoms with Crippen LogP contribution in [0.1, 0.15) is 42.7 Å². The van der Waals surface area contributed by atoms with E-state index in [0.717, 1.165) is 29.4 Å². The minimum atomic E-state index is -2.04. The van der Waals surface area contributed by atoms with Gasteiger partial charge < -0.3 is 9.16 Å². The molecule has 0 radical (unpaired) electrons. The summed E-state index contributed by atoms with van der Waals surface area (Å²) in [6, 6.07) is 16.4. The molecule has 7 heteroatoms. The Kier molecular flexibility index (Phi) is 7.01. The molecule has 5 nitrogen and oxygen atoms in total. The first-order valence-corrected chi connectivity index (χ1v) is 13.2. The van der Waals surface area contributed by atoms with Crippen LogP contribution in [-0.2, 0) is 9.22 Å². The van der Waals surface area contributed by atoms with Crippen LogP contribution in [0.5, 0.6) is 5.75 Å². The number of amides is 2. The van der Waals surface area contributed by atoms with Crippen LogP contribution in [0.2, 0.25) is 23.2 Å². The number of imide groups is 1. The van der Waals surface area contributed by atoms with Gasteiger partial charge in [0.25, 0.3) is 11.8 Å². The number of nitrogens with zero attached hydrogens (tertiary/aromatic N) is 1. The van der Waals surface area contributed by atoms with E-state index in [1.54, 1.807) is 31.4 Å². The summed E-state index contributed by atoms with van der Waals surface area (Å²) in [5.41, 5.74) is 1.28. The molecule has 1 saturated heterocycles. The van der Waals surface area contributed by atoms with Crippen molar-refractivity contribution in [3.8, 4) is 5.75 Å². The lowest BCUT2D eigenvalue weighted by Crippen LogP contribution is -2.64. The monoisotopic (exact) mass is 445 g/mol. The lowest BCUT2D eigenvalue weighted by atomic mass is 9.90. The Morgan fingerprint density at radius 2 is 1.57 bits per heavy atom. The van der Waals surface area contributed by atoms with Crippen molar-refractivity contribution in [3.05, 3.63) is 64.7 Å². The molecule has 2 amide bonds. The highest BCUT2D eigenvalue weighted by molar-refractivity contribution is 6.73. The summed E-state index contributed by atoms with van der Waals surface area (Å²) in [5.74, 6) is 0.105. The van der Waals surface area contributed by atoms with E-state index in [0.29, 0.717) is 10.6 Å². The van der Waals surface area contributed by atoms with Crippen LogP contribution >= 0.6 is 11.6 Å². The summed E-state index contributed by atoms with van der Waals surface area (Å²) in [5, 5.41) is 0.541. The summed E-state index contributed by atoms with van der Waals surface area (Å²) in [6.45, 7) is 6.38. The molecule has 1 aliphatic heterocycles. The molecule has 0 bridgehead atoms.